The van der Waals surface area contributed by atoms with Crippen LogP contribution in [0.3, 0.4) is 0 Å². The van der Waals surface area contributed by atoms with Gasteiger partial charge in [-0.25, -0.2) is 13.6 Å². The van der Waals surface area contributed by atoms with Crippen LogP contribution in [0.1, 0.15) is 23.5 Å². The normalized spacial score (nSPS) is 20.3. The van der Waals surface area contributed by atoms with Crippen molar-refractivity contribution in [2.75, 3.05) is 26.9 Å². The van der Waals surface area contributed by atoms with Gasteiger partial charge < -0.3 is 25.2 Å². The maximum Gasteiger partial charge on any atom is 0.407 e. The molecule has 2 aliphatic carbocycles. The quantitative estimate of drug-likeness (QED) is 0.474. The largest absolute Gasteiger partial charge is 0.481 e. The van der Waals surface area contributed by atoms with Crippen LogP contribution in [-0.2, 0) is 19.1 Å². The summed E-state index contributed by atoms with van der Waals surface area (Å²) in [7, 11) is 1.42. The minimum Gasteiger partial charge on any atom is -0.481 e. The second kappa shape index (κ2) is 9.99. The van der Waals surface area contributed by atoms with Gasteiger partial charge in [0.25, 0.3) is 5.92 Å². The number of carboxylic acid groups (broad SMARTS) is 1. The predicted octanol–water partition coefficient (Wildman–Crippen LogP) is 3.01. The van der Waals surface area contributed by atoms with Gasteiger partial charge in [-0.05, 0) is 22.3 Å². The number of fused-ring (bicyclic) bond motifs is 3. The van der Waals surface area contributed by atoms with Gasteiger partial charge in [0.05, 0.1) is 5.92 Å². The van der Waals surface area contributed by atoms with E-state index in [1.54, 1.807) is 0 Å². The lowest BCUT2D eigenvalue weighted by Gasteiger charge is -2.19. The van der Waals surface area contributed by atoms with Gasteiger partial charge in [0, 0.05) is 32.6 Å². The van der Waals surface area contributed by atoms with Crippen molar-refractivity contribution >= 4 is 18.0 Å². The lowest BCUT2D eigenvalue weighted by molar-refractivity contribution is -0.141. The molecule has 3 N–H and O–H groups in total. The van der Waals surface area contributed by atoms with E-state index in [9.17, 15) is 23.2 Å². The summed E-state index contributed by atoms with van der Waals surface area (Å²) in [5.74, 6) is -9.17. The van der Waals surface area contributed by atoms with Gasteiger partial charge in [0.2, 0.25) is 5.91 Å². The number of aliphatic carboxylic acids is 1. The van der Waals surface area contributed by atoms with Crippen molar-refractivity contribution in [3.05, 3.63) is 59.7 Å². The van der Waals surface area contributed by atoms with Crippen LogP contribution in [-0.4, -0.2) is 61.9 Å². The Morgan fingerprint density at radius 2 is 1.66 bits per heavy atom. The molecule has 8 nitrogen and oxygen atoms in total. The van der Waals surface area contributed by atoms with Crippen LogP contribution in [0.5, 0.6) is 0 Å². The van der Waals surface area contributed by atoms with E-state index in [4.69, 9.17) is 14.6 Å². The van der Waals surface area contributed by atoms with Gasteiger partial charge in [-0.3, -0.25) is 9.59 Å². The zero-order valence-corrected chi connectivity index (χ0v) is 19.0. The number of alkyl halides is 2. The fourth-order valence-corrected chi connectivity index (χ4v) is 4.60. The van der Waals surface area contributed by atoms with E-state index in [1.165, 1.54) is 7.11 Å². The summed E-state index contributed by atoms with van der Waals surface area (Å²) in [6.45, 7) is -0.342. The molecule has 0 aliphatic heterocycles. The molecular formula is C25H26F2N2O6. The third-order valence-corrected chi connectivity index (χ3v) is 6.53. The average molecular weight is 488 g/mol. The molecule has 4 rings (SSSR count). The van der Waals surface area contributed by atoms with Crippen LogP contribution >= 0.6 is 0 Å². The molecule has 1 fully saturated rings. The van der Waals surface area contributed by atoms with Crippen LogP contribution in [0.2, 0.25) is 0 Å². The molecule has 35 heavy (non-hydrogen) atoms. The van der Waals surface area contributed by atoms with E-state index in [0.717, 1.165) is 22.3 Å². The van der Waals surface area contributed by atoms with Crippen molar-refractivity contribution in [2.24, 2.45) is 11.8 Å². The maximum absolute atomic E-state index is 13.6. The lowest BCUT2D eigenvalue weighted by atomic mass is 9.98. The molecule has 2 aromatic carbocycles. The Bertz CT molecular complexity index is 1080. The number of rotatable bonds is 10. The molecular weight excluding hydrogens is 462 g/mol. The summed E-state index contributed by atoms with van der Waals surface area (Å²) < 4.78 is 37.6. The molecule has 0 heterocycles. The molecule has 0 saturated heterocycles. The summed E-state index contributed by atoms with van der Waals surface area (Å²) >= 11 is 0. The maximum atomic E-state index is 13.6. The van der Waals surface area contributed by atoms with Crippen LogP contribution in [0.25, 0.3) is 11.1 Å². The minimum absolute atomic E-state index is 0.0487. The molecule has 186 valence electrons. The first kappa shape index (κ1) is 24.6. The van der Waals surface area contributed by atoms with E-state index in [-0.39, 0.29) is 25.6 Å². The predicted molar refractivity (Wildman–Crippen MR) is 121 cm³/mol. The van der Waals surface area contributed by atoms with Gasteiger partial charge >= 0.3 is 12.1 Å². The number of amides is 2. The SMILES string of the molecule is COCCC(NC(=O)OCC1c2ccccc2-c2ccccc21)C(=O)NC[C@@H]1[C@H](C(=O)O)C1(F)F. The Balaban J connectivity index is 1.35. The standard InChI is InChI=1S/C25H26F2N2O6/c1-34-11-10-20(22(30)28-12-19-21(23(31)32)25(19,26)27)29-24(33)35-13-18-16-8-4-2-6-14(16)15-7-3-5-9-17(15)18/h2-9,18-21H,10-13H2,1H3,(H,28,30)(H,29,33)(H,31,32)/t19-,20?,21-/m1/s1. The second-order valence-electron chi connectivity index (χ2n) is 8.65. The zero-order valence-electron chi connectivity index (χ0n) is 19.0. The first-order valence-electron chi connectivity index (χ1n) is 11.2. The fraction of sp³-hybridized carbons (Fsp3) is 0.400. The Kier molecular flexibility index (Phi) is 7.02. The molecule has 1 saturated carbocycles. The molecule has 0 spiro atoms. The van der Waals surface area contributed by atoms with E-state index in [2.05, 4.69) is 10.6 Å². The number of hydrogen-bond donors (Lipinski definition) is 3. The summed E-state index contributed by atoms with van der Waals surface area (Å²) in [6, 6.07) is 14.6. The third-order valence-electron chi connectivity index (χ3n) is 6.53. The number of nitrogens with one attached hydrogen (secondary N) is 2. The molecule has 0 radical (unpaired) electrons. The zero-order chi connectivity index (χ0) is 25.2. The number of halogens is 2. The van der Waals surface area contributed by atoms with Gasteiger partial charge in [-0.15, -0.1) is 0 Å². The lowest BCUT2D eigenvalue weighted by Crippen LogP contribution is -2.48. The van der Waals surface area contributed by atoms with Crippen molar-refractivity contribution < 1.29 is 37.7 Å². The van der Waals surface area contributed by atoms with E-state index < -0.39 is 48.3 Å². The second-order valence-corrected chi connectivity index (χ2v) is 8.65. The van der Waals surface area contributed by atoms with E-state index in [0.29, 0.717) is 0 Å². The topological polar surface area (TPSA) is 114 Å². The van der Waals surface area contributed by atoms with Gasteiger partial charge in [0.15, 0.2) is 0 Å². The molecule has 2 aliphatic rings. The summed E-state index contributed by atoms with van der Waals surface area (Å²) in [5, 5.41) is 13.6. The van der Waals surface area contributed by atoms with Crippen molar-refractivity contribution in [1.82, 2.24) is 10.6 Å². The molecule has 2 aromatic rings. The number of carboxylic acids is 1. The summed E-state index contributed by atoms with van der Waals surface area (Å²) in [4.78, 5) is 36.0. The van der Waals surface area contributed by atoms with Crippen molar-refractivity contribution in [3.8, 4) is 11.1 Å². The monoisotopic (exact) mass is 488 g/mol. The number of ether oxygens (including phenoxy) is 2. The third kappa shape index (κ3) is 4.97. The Hall–Kier alpha value is -3.53. The molecule has 0 bridgehead atoms. The smallest absolute Gasteiger partial charge is 0.407 e. The summed E-state index contributed by atoms with van der Waals surface area (Å²) in [5.41, 5.74) is 4.22. The highest BCUT2D eigenvalue weighted by Crippen LogP contribution is 2.54. The Morgan fingerprint density at radius 3 is 2.20 bits per heavy atom. The highest BCUT2D eigenvalue weighted by Gasteiger charge is 2.72. The van der Waals surface area contributed by atoms with Crippen LogP contribution < -0.4 is 10.6 Å². The molecule has 10 heteroatoms. The minimum atomic E-state index is -3.37. The van der Waals surface area contributed by atoms with Crippen molar-refractivity contribution in [2.45, 2.75) is 24.3 Å². The number of hydrogen-bond acceptors (Lipinski definition) is 5. The number of methoxy groups -OCH3 is 1. The number of alkyl carbamates (subject to hydrolysis) is 1. The van der Waals surface area contributed by atoms with E-state index >= 15 is 0 Å². The summed E-state index contributed by atoms with van der Waals surface area (Å²) in [6.07, 6.45) is -0.751. The van der Waals surface area contributed by atoms with Crippen LogP contribution in [0.15, 0.2) is 48.5 Å². The van der Waals surface area contributed by atoms with Crippen LogP contribution in [0, 0.1) is 11.8 Å². The highest BCUT2D eigenvalue weighted by atomic mass is 19.3. The van der Waals surface area contributed by atoms with Crippen molar-refractivity contribution in [3.63, 3.8) is 0 Å². The number of carbonyl (C=O) groups excluding carboxylic acids is 2. The first-order chi connectivity index (χ1) is 16.8. The van der Waals surface area contributed by atoms with Crippen molar-refractivity contribution in [1.29, 1.82) is 0 Å². The van der Waals surface area contributed by atoms with Gasteiger partial charge in [-0.1, -0.05) is 48.5 Å². The molecule has 3 atom stereocenters. The Morgan fingerprint density at radius 1 is 1.06 bits per heavy atom. The van der Waals surface area contributed by atoms with Crippen LogP contribution in [0.4, 0.5) is 13.6 Å². The molecule has 2 amide bonds. The average Bonchev–Trinajstić information content (AvgIpc) is 3.25. The number of benzene rings is 2. The van der Waals surface area contributed by atoms with Gasteiger partial charge in [0.1, 0.15) is 18.6 Å². The highest BCUT2D eigenvalue weighted by molar-refractivity contribution is 5.86. The van der Waals surface area contributed by atoms with Gasteiger partial charge in [-0.2, -0.15) is 0 Å². The first-order valence-corrected chi connectivity index (χ1v) is 11.2. The molecule has 1 unspecified atom stereocenters. The van der Waals surface area contributed by atoms with E-state index in [1.807, 2.05) is 48.5 Å². The fourth-order valence-electron chi connectivity index (χ4n) is 4.60. The Labute approximate surface area is 200 Å². The number of carbonyl (C=O) groups is 3. The molecule has 0 aromatic heterocycles.